The van der Waals surface area contributed by atoms with Crippen molar-refractivity contribution < 1.29 is 12.9 Å². The third kappa shape index (κ3) is 2.59. The maximum Gasteiger partial charge on any atom is 0.249 e. The Bertz CT molecular complexity index is 787. The Morgan fingerprint density at radius 2 is 2.04 bits per heavy atom. The lowest BCUT2D eigenvalue weighted by atomic mass is 10.0. The van der Waals surface area contributed by atoms with Gasteiger partial charge in [-0.3, -0.25) is 0 Å². The topological polar surface area (TPSA) is 81.2 Å². The molecule has 0 spiro atoms. The lowest BCUT2D eigenvalue weighted by Gasteiger charge is -2.31. The molecule has 2 aromatic heterocycles. The lowest BCUT2D eigenvalue weighted by molar-refractivity contribution is 0.259. The van der Waals surface area contributed by atoms with Crippen LogP contribution in [0, 0.1) is 19.8 Å². The van der Waals surface area contributed by atoms with Gasteiger partial charge in [-0.2, -0.15) is 4.31 Å². The van der Waals surface area contributed by atoms with Gasteiger partial charge in [0.1, 0.15) is 16.4 Å². The maximum atomic E-state index is 13.3. The monoisotopic (exact) mass is 338 g/mol. The van der Waals surface area contributed by atoms with Crippen LogP contribution in [0.15, 0.2) is 21.8 Å². The van der Waals surface area contributed by atoms with Crippen LogP contribution in [0.25, 0.3) is 0 Å². The van der Waals surface area contributed by atoms with E-state index >= 15 is 0 Å². The molecule has 1 aliphatic rings. The van der Waals surface area contributed by atoms with Crippen LogP contribution in [0.2, 0.25) is 0 Å². The molecule has 0 radical (unpaired) electrons. The van der Waals surface area contributed by atoms with Gasteiger partial charge in [0.05, 0.1) is 6.04 Å². The third-order valence-corrected chi connectivity index (χ3v) is 6.39. The van der Waals surface area contributed by atoms with Gasteiger partial charge in [-0.25, -0.2) is 13.4 Å². The Hall–Kier alpha value is -1.67. The fourth-order valence-electron chi connectivity index (χ4n) is 3.30. The van der Waals surface area contributed by atoms with Crippen molar-refractivity contribution in [1.29, 1.82) is 0 Å². The van der Waals surface area contributed by atoms with Gasteiger partial charge in [-0.15, -0.1) is 0 Å². The minimum atomic E-state index is -3.69. The average molecular weight is 338 g/mol. The van der Waals surface area contributed by atoms with Crippen molar-refractivity contribution in [3.63, 3.8) is 0 Å². The molecule has 0 bridgehead atoms. The fraction of sp³-hybridized carbons (Fsp3) is 0.600. The molecular formula is C15H22N4O3S. The summed E-state index contributed by atoms with van der Waals surface area (Å²) in [6, 6.07) is -0.300. The largest absolute Gasteiger partial charge is 0.360 e. The molecule has 1 aliphatic heterocycles. The zero-order chi connectivity index (χ0) is 16.8. The zero-order valence-electron chi connectivity index (χ0n) is 13.9. The van der Waals surface area contributed by atoms with Gasteiger partial charge in [0.25, 0.3) is 0 Å². The van der Waals surface area contributed by atoms with Crippen molar-refractivity contribution in [3.05, 3.63) is 29.7 Å². The van der Waals surface area contributed by atoms with Crippen LogP contribution in [-0.4, -0.2) is 34.0 Å². The van der Waals surface area contributed by atoms with Crippen molar-refractivity contribution in [3.8, 4) is 0 Å². The predicted molar refractivity (Wildman–Crippen MR) is 84.3 cm³/mol. The van der Waals surface area contributed by atoms with Gasteiger partial charge in [0, 0.05) is 25.5 Å². The first kappa shape index (κ1) is 16.2. The molecular weight excluding hydrogens is 316 g/mol. The van der Waals surface area contributed by atoms with Crippen molar-refractivity contribution in [2.75, 3.05) is 6.54 Å². The summed E-state index contributed by atoms with van der Waals surface area (Å²) in [5, 5.41) is 3.80. The highest BCUT2D eigenvalue weighted by atomic mass is 32.2. The average Bonchev–Trinajstić information content (AvgIpc) is 3.00. The first-order chi connectivity index (χ1) is 10.8. The van der Waals surface area contributed by atoms with Crippen LogP contribution in [0.3, 0.4) is 0 Å². The quantitative estimate of drug-likeness (QED) is 0.857. The van der Waals surface area contributed by atoms with E-state index in [-0.39, 0.29) is 16.9 Å². The molecule has 0 N–H and O–H groups in total. The number of nitrogens with zero attached hydrogens (tertiary/aromatic N) is 4. The minimum Gasteiger partial charge on any atom is -0.360 e. The molecule has 8 heteroatoms. The van der Waals surface area contributed by atoms with E-state index in [1.807, 2.05) is 24.6 Å². The minimum absolute atomic E-state index is 0.101. The molecule has 7 nitrogen and oxygen atoms in total. The van der Waals surface area contributed by atoms with E-state index < -0.39 is 10.0 Å². The standard InChI is InChI=1S/C15H22N4O3S/c1-10(2)13-15-16-6-9-18(15)7-5-8-19(13)23(20,21)14-11(3)17-22-12(14)4/h6,9-10,13H,5,7-8H2,1-4H3. The SMILES string of the molecule is Cc1noc(C)c1S(=O)(=O)N1CCCn2ccnc2C1C(C)C. The van der Waals surface area contributed by atoms with Gasteiger partial charge in [0.2, 0.25) is 10.0 Å². The van der Waals surface area contributed by atoms with Crippen LogP contribution in [0.1, 0.15) is 43.6 Å². The summed E-state index contributed by atoms with van der Waals surface area (Å²) in [5.74, 6) is 1.23. The molecule has 3 heterocycles. The number of hydrogen-bond donors (Lipinski definition) is 0. The van der Waals surface area contributed by atoms with Gasteiger partial charge < -0.3 is 9.09 Å². The summed E-state index contributed by atoms with van der Waals surface area (Å²) >= 11 is 0. The van der Waals surface area contributed by atoms with E-state index in [2.05, 4.69) is 10.1 Å². The Balaban J connectivity index is 2.14. The number of sulfonamides is 1. The molecule has 0 amide bonds. The van der Waals surface area contributed by atoms with Crippen LogP contribution in [0.4, 0.5) is 0 Å². The van der Waals surface area contributed by atoms with Crippen LogP contribution in [-0.2, 0) is 16.6 Å². The second-order valence-corrected chi connectivity index (χ2v) is 8.12. The highest BCUT2D eigenvalue weighted by molar-refractivity contribution is 7.89. The van der Waals surface area contributed by atoms with E-state index in [0.717, 1.165) is 18.8 Å². The Kier molecular flexibility index (Phi) is 4.05. The molecule has 0 saturated carbocycles. The van der Waals surface area contributed by atoms with E-state index in [1.165, 1.54) is 0 Å². The van der Waals surface area contributed by atoms with Gasteiger partial charge in [0.15, 0.2) is 5.76 Å². The summed E-state index contributed by atoms with van der Waals surface area (Å²) in [5.41, 5.74) is 0.401. The van der Waals surface area contributed by atoms with E-state index in [4.69, 9.17) is 4.52 Å². The number of fused-ring (bicyclic) bond motifs is 1. The molecule has 3 rings (SSSR count). The molecule has 23 heavy (non-hydrogen) atoms. The molecule has 0 saturated heterocycles. The maximum absolute atomic E-state index is 13.3. The predicted octanol–water partition coefficient (Wildman–Crippen LogP) is 2.28. The number of aryl methyl sites for hydroxylation is 3. The van der Waals surface area contributed by atoms with Gasteiger partial charge in [-0.05, 0) is 26.2 Å². The molecule has 1 unspecified atom stereocenters. The summed E-state index contributed by atoms with van der Waals surface area (Å²) in [7, 11) is -3.69. The first-order valence-electron chi connectivity index (χ1n) is 7.79. The number of imidazole rings is 1. The third-order valence-electron chi connectivity index (χ3n) is 4.27. The Labute approximate surface area is 136 Å². The highest BCUT2D eigenvalue weighted by Gasteiger charge is 2.40. The summed E-state index contributed by atoms with van der Waals surface area (Å²) in [6.45, 7) is 8.56. The van der Waals surface area contributed by atoms with Gasteiger partial charge >= 0.3 is 0 Å². The van der Waals surface area contributed by atoms with Gasteiger partial charge in [-0.1, -0.05) is 19.0 Å². The van der Waals surface area contributed by atoms with Crippen LogP contribution >= 0.6 is 0 Å². The number of rotatable bonds is 3. The fourth-order valence-corrected chi connectivity index (χ4v) is 5.35. The summed E-state index contributed by atoms with van der Waals surface area (Å²) in [4.78, 5) is 4.61. The van der Waals surface area contributed by atoms with Crippen LogP contribution in [0.5, 0.6) is 0 Å². The van der Waals surface area contributed by atoms with Crippen molar-refractivity contribution >= 4 is 10.0 Å². The number of aromatic nitrogens is 3. The first-order valence-corrected chi connectivity index (χ1v) is 9.23. The zero-order valence-corrected chi connectivity index (χ0v) is 14.7. The highest BCUT2D eigenvalue weighted by Crippen LogP contribution is 2.36. The van der Waals surface area contributed by atoms with E-state index in [9.17, 15) is 8.42 Å². The second kappa shape index (κ2) is 5.76. The van der Waals surface area contributed by atoms with Crippen LogP contribution < -0.4 is 0 Å². The Morgan fingerprint density at radius 3 is 2.65 bits per heavy atom. The molecule has 0 aromatic carbocycles. The van der Waals surface area contributed by atoms with Crippen molar-refractivity contribution in [2.24, 2.45) is 5.92 Å². The second-order valence-electron chi connectivity index (χ2n) is 6.29. The summed E-state index contributed by atoms with van der Waals surface area (Å²) in [6.07, 6.45) is 4.39. The number of hydrogen-bond acceptors (Lipinski definition) is 5. The molecule has 0 fully saturated rings. The summed E-state index contributed by atoms with van der Waals surface area (Å²) < 4.78 is 35.2. The molecule has 0 aliphatic carbocycles. The molecule has 1 atom stereocenters. The van der Waals surface area contributed by atoms with E-state index in [1.54, 1.807) is 24.3 Å². The molecule has 126 valence electrons. The lowest BCUT2D eigenvalue weighted by Crippen LogP contribution is -2.38. The smallest absolute Gasteiger partial charge is 0.249 e. The molecule has 2 aromatic rings. The normalized spacial score (nSPS) is 19.8. The van der Waals surface area contributed by atoms with Crippen molar-refractivity contribution in [2.45, 2.75) is 51.6 Å². The Morgan fingerprint density at radius 1 is 1.30 bits per heavy atom. The van der Waals surface area contributed by atoms with Crippen molar-refractivity contribution in [1.82, 2.24) is 19.0 Å². The van der Waals surface area contributed by atoms with E-state index in [0.29, 0.717) is 18.0 Å².